The van der Waals surface area contributed by atoms with Crippen LogP contribution in [0.2, 0.25) is 0 Å². The molecule has 114 valence electrons. The van der Waals surface area contributed by atoms with Gasteiger partial charge in [0.05, 0.1) is 0 Å². The smallest absolute Gasteiger partial charge is 0.135 e. The quantitative estimate of drug-likeness (QED) is 0.766. The minimum absolute atomic E-state index is 0.326. The summed E-state index contributed by atoms with van der Waals surface area (Å²) in [6.45, 7) is 14.4. The van der Waals surface area contributed by atoms with Gasteiger partial charge in [-0.15, -0.1) is 0 Å². The normalized spacial score (nSPS) is 11.2. The van der Waals surface area contributed by atoms with Gasteiger partial charge in [0.25, 0.3) is 0 Å². The Bertz CT molecular complexity index is 417. The SMILES string of the molecule is CCNc1nc(C(C)C)nc(NCCN(C)CC)c1C. The molecule has 0 bridgehead atoms. The molecule has 0 spiro atoms. The van der Waals surface area contributed by atoms with E-state index >= 15 is 0 Å². The first-order valence-electron chi connectivity index (χ1n) is 7.54. The van der Waals surface area contributed by atoms with Crippen molar-refractivity contribution in [3.63, 3.8) is 0 Å². The van der Waals surface area contributed by atoms with Gasteiger partial charge < -0.3 is 15.5 Å². The molecule has 0 aliphatic carbocycles. The highest BCUT2D eigenvalue weighted by molar-refractivity contribution is 5.57. The van der Waals surface area contributed by atoms with Gasteiger partial charge in [0.15, 0.2) is 0 Å². The Morgan fingerprint density at radius 3 is 2.20 bits per heavy atom. The van der Waals surface area contributed by atoms with Crippen LogP contribution in [-0.4, -0.2) is 48.1 Å². The van der Waals surface area contributed by atoms with Gasteiger partial charge >= 0.3 is 0 Å². The summed E-state index contributed by atoms with van der Waals surface area (Å²) in [5.41, 5.74) is 1.09. The molecule has 0 fully saturated rings. The number of aromatic nitrogens is 2. The van der Waals surface area contributed by atoms with Crippen LogP contribution in [0.25, 0.3) is 0 Å². The summed E-state index contributed by atoms with van der Waals surface area (Å²) >= 11 is 0. The Hall–Kier alpha value is -1.36. The summed E-state index contributed by atoms with van der Waals surface area (Å²) in [5, 5.41) is 6.76. The lowest BCUT2D eigenvalue weighted by molar-refractivity contribution is 0.367. The van der Waals surface area contributed by atoms with Crippen molar-refractivity contribution in [1.82, 2.24) is 14.9 Å². The molecule has 2 N–H and O–H groups in total. The van der Waals surface area contributed by atoms with Crippen LogP contribution in [-0.2, 0) is 0 Å². The molecule has 5 heteroatoms. The van der Waals surface area contributed by atoms with E-state index in [1.807, 2.05) is 0 Å². The van der Waals surface area contributed by atoms with Crippen LogP contribution >= 0.6 is 0 Å². The first-order chi connectivity index (χ1) is 9.49. The maximum atomic E-state index is 4.66. The van der Waals surface area contributed by atoms with Crippen LogP contribution in [0.5, 0.6) is 0 Å². The van der Waals surface area contributed by atoms with Crippen molar-refractivity contribution in [3.8, 4) is 0 Å². The number of hydrogen-bond acceptors (Lipinski definition) is 5. The van der Waals surface area contributed by atoms with E-state index in [0.717, 1.165) is 49.2 Å². The Balaban J connectivity index is 2.87. The van der Waals surface area contributed by atoms with Crippen LogP contribution in [0.4, 0.5) is 11.6 Å². The molecule has 1 aromatic rings. The summed E-state index contributed by atoms with van der Waals surface area (Å²) in [6.07, 6.45) is 0. The van der Waals surface area contributed by atoms with Gasteiger partial charge in [-0.05, 0) is 27.4 Å². The van der Waals surface area contributed by atoms with Crippen LogP contribution in [0.1, 0.15) is 45.0 Å². The van der Waals surface area contributed by atoms with E-state index in [4.69, 9.17) is 0 Å². The number of hydrogen-bond donors (Lipinski definition) is 2. The molecule has 0 saturated heterocycles. The lowest BCUT2D eigenvalue weighted by Gasteiger charge is -2.18. The van der Waals surface area contributed by atoms with E-state index in [1.165, 1.54) is 0 Å². The zero-order chi connectivity index (χ0) is 15.1. The average molecular weight is 279 g/mol. The fourth-order valence-electron chi connectivity index (χ4n) is 1.83. The van der Waals surface area contributed by atoms with Crippen molar-refractivity contribution >= 4 is 11.6 Å². The van der Waals surface area contributed by atoms with E-state index < -0.39 is 0 Å². The number of anilines is 2. The zero-order valence-electron chi connectivity index (χ0n) is 13.7. The fourth-order valence-corrected chi connectivity index (χ4v) is 1.83. The highest BCUT2D eigenvalue weighted by Crippen LogP contribution is 2.22. The molecule has 0 aliphatic heterocycles. The molecule has 5 nitrogen and oxygen atoms in total. The number of rotatable bonds is 8. The van der Waals surface area contributed by atoms with Crippen LogP contribution in [0, 0.1) is 6.92 Å². The molecule has 20 heavy (non-hydrogen) atoms. The predicted molar refractivity (Wildman–Crippen MR) is 86.7 cm³/mol. The third-order valence-electron chi connectivity index (χ3n) is 3.35. The van der Waals surface area contributed by atoms with Gasteiger partial charge in [-0.3, -0.25) is 0 Å². The van der Waals surface area contributed by atoms with Gasteiger partial charge in [0.1, 0.15) is 17.5 Å². The van der Waals surface area contributed by atoms with Gasteiger partial charge in [-0.1, -0.05) is 20.8 Å². The molecule has 0 atom stereocenters. The van der Waals surface area contributed by atoms with Crippen LogP contribution < -0.4 is 10.6 Å². The van der Waals surface area contributed by atoms with E-state index in [2.05, 4.69) is 67.2 Å². The maximum Gasteiger partial charge on any atom is 0.135 e. The highest BCUT2D eigenvalue weighted by Gasteiger charge is 2.12. The molecule has 1 heterocycles. The second kappa shape index (κ2) is 8.04. The maximum absolute atomic E-state index is 4.66. The second-order valence-corrected chi connectivity index (χ2v) is 5.41. The monoisotopic (exact) mass is 279 g/mol. The third kappa shape index (κ3) is 4.63. The summed E-state index contributed by atoms with van der Waals surface area (Å²) in [5.74, 6) is 3.10. The largest absolute Gasteiger partial charge is 0.370 e. The summed E-state index contributed by atoms with van der Waals surface area (Å²) in [7, 11) is 2.12. The topological polar surface area (TPSA) is 53.1 Å². The van der Waals surface area contributed by atoms with Crippen molar-refractivity contribution in [1.29, 1.82) is 0 Å². The minimum atomic E-state index is 0.326. The first-order valence-corrected chi connectivity index (χ1v) is 7.54. The van der Waals surface area contributed by atoms with E-state index in [0.29, 0.717) is 5.92 Å². The van der Waals surface area contributed by atoms with Gasteiger partial charge in [0.2, 0.25) is 0 Å². The first kappa shape index (κ1) is 16.7. The summed E-state index contributed by atoms with van der Waals surface area (Å²) in [4.78, 5) is 11.5. The van der Waals surface area contributed by atoms with Crippen LogP contribution in [0.15, 0.2) is 0 Å². The second-order valence-electron chi connectivity index (χ2n) is 5.41. The standard InChI is InChI=1S/C15H29N5/c1-7-16-14-12(5)15(17-9-10-20(6)8-2)19-13(18-14)11(3)4/h11H,7-10H2,1-6H3,(H2,16,17,18,19). The lowest BCUT2D eigenvalue weighted by Crippen LogP contribution is -2.25. The Morgan fingerprint density at radius 2 is 1.70 bits per heavy atom. The molecule has 0 aliphatic rings. The van der Waals surface area contributed by atoms with Crippen molar-refractivity contribution in [2.75, 3.05) is 43.9 Å². The van der Waals surface area contributed by atoms with Gasteiger partial charge in [-0.2, -0.15) is 0 Å². The molecule has 1 rings (SSSR count). The molecule has 0 unspecified atom stereocenters. The molecule has 1 aromatic heterocycles. The van der Waals surface area contributed by atoms with Crippen molar-refractivity contribution < 1.29 is 0 Å². The van der Waals surface area contributed by atoms with E-state index in [-0.39, 0.29) is 0 Å². The molecular weight excluding hydrogens is 250 g/mol. The van der Waals surface area contributed by atoms with Gasteiger partial charge in [-0.25, -0.2) is 9.97 Å². The molecular formula is C15H29N5. The molecule has 0 saturated carbocycles. The third-order valence-corrected chi connectivity index (χ3v) is 3.35. The van der Waals surface area contributed by atoms with Crippen molar-refractivity contribution in [2.45, 2.75) is 40.5 Å². The zero-order valence-corrected chi connectivity index (χ0v) is 13.7. The Kier molecular flexibility index (Phi) is 6.71. The Morgan fingerprint density at radius 1 is 1.10 bits per heavy atom. The number of likely N-dealkylation sites (N-methyl/N-ethyl adjacent to an activating group) is 1. The predicted octanol–water partition coefficient (Wildman–Crippen LogP) is 2.70. The number of nitrogens with one attached hydrogen (secondary N) is 2. The van der Waals surface area contributed by atoms with E-state index in [9.17, 15) is 0 Å². The highest BCUT2D eigenvalue weighted by atomic mass is 15.1. The minimum Gasteiger partial charge on any atom is -0.370 e. The lowest BCUT2D eigenvalue weighted by atomic mass is 10.2. The summed E-state index contributed by atoms with van der Waals surface area (Å²) in [6, 6.07) is 0. The van der Waals surface area contributed by atoms with Gasteiger partial charge in [0, 0.05) is 31.1 Å². The molecule has 0 amide bonds. The van der Waals surface area contributed by atoms with Crippen LogP contribution in [0.3, 0.4) is 0 Å². The van der Waals surface area contributed by atoms with Crippen molar-refractivity contribution in [2.24, 2.45) is 0 Å². The number of nitrogens with zero attached hydrogens (tertiary/aromatic N) is 3. The van der Waals surface area contributed by atoms with Crippen molar-refractivity contribution in [3.05, 3.63) is 11.4 Å². The molecule has 0 radical (unpaired) electrons. The molecule has 0 aromatic carbocycles. The Labute approximate surface area is 123 Å². The van der Waals surface area contributed by atoms with E-state index in [1.54, 1.807) is 0 Å². The fraction of sp³-hybridized carbons (Fsp3) is 0.733. The average Bonchev–Trinajstić information content (AvgIpc) is 2.42. The summed E-state index contributed by atoms with van der Waals surface area (Å²) < 4.78 is 0.